The molecule has 0 spiro atoms. The quantitative estimate of drug-likeness (QED) is 0.482. The Morgan fingerprint density at radius 1 is 1.12 bits per heavy atom. The van der Waals surface area contributed by atoms with E-state index in [4.69, 9.17) is 0 Å². The Labute approximate surface area is 200 Å². The third-order valence-corrected chi connectivity index (χ3v) is 6.92. The van der Waals surface area contributed by atoms with Crippen molar-refractivity contribution in [3.63, 3.8) is 0 Å². The highest BCUT2D eigenvalue weighted by Crippen LogP contribution is 2.31. The summed E-state index contributed by atoms with van der Waals surface area (Å²) < 4.78 is 1.64. The minimum absolute atomic E-state index is 0.105. The molecule has 8 nitrogen and oxygen atoms in total. The molecule has 1 aliphatic rings. The van der Waals surface area contributed by atoms with Gasteiger partial charge in [-0.25, -0.2) is 0 Å². The number of amides is 2. The molecule has 2 amide bonds. The number of rotatable bonds is 7. The molecule has 180 valence electrons. The predicted molar refractivity (Wildman–Crippen MR) is 132 cm³/mol. The van der Waals surface area contributed by atoms with E-state index in [1.807, 2.05) is 45.0 Å². The van der Waals surface area contributed by atoms with Gasteiger partial charge in [0.25, 0.3) is 5.91 Å². The highest BCUT2D eigenvalue weighted by atomic mass is 16.2. The Kier molecular flexibility index (Phi) is 7.14. The third kappa shape index (κ3) is 5.05. The van der Waals surface area contributed by atoms with Gasteiger partial charge < -0.3 is 10.6 Å². The van der Waals surface area contributed by atoms with Crippen molar-refractivity contribution in [1.82, 2.24) is 25.3 Å². The maximum atomic E-state index is 13.4. The lowest BCUT2D eigenvalue weighted by Gasteiger charge is -2.32. The van der Waals surface area contributed by atoms with Crippen molar-refractivity contribution in [2.75, 3.05) is 5.32 Å². The van der Waals surface area contributed by atoms with Gasteiger partial charge in [-0.3, -0.25) is 19.4 Å². The molecule has 1 saturated carbocycles. The zero-order valence-corrected chi connectivity index (χ0v) is 20.4. The number of H-pyrrole nitrogens is 1. The molecule has 4 rings (SSSR count). The Morgan fingerprint density at radius 2 is 1.82 bits per heavy atom. The van der Waals surface area contributed by atoms with Crippen molar-refractivity contribution < 1.29 is 9.59 Å². The maximum Gasteiger partial charge on any atom is 0.270 e. The van der Waals surface area contributed by atoms with E-state index in [1.54, 1.807) is 16.9 Å². The van der Waals surface area contributed by atoms with Gasteiger partial charge in [-0.15, -0.1) is 0 Å². The van der Waals surface area contributed by atoms with Crippen LogP contribution in [0.3, 0.4) is 0 Å². The van der Waals surface area contributed by atoms with Crippen LogP contribution in [0.1, 0.15) is 61.4 Å². The number of aromatic nitrogens is 4. The number of carbonyl (C=O) groups excluding carboxylic acids is 2. The van der Waals surface area contributed by atoms with Gasteiger partial charge in [-0.1, -0.05) is 31.9 Å². The zero-order valence-electron chi connectivity index (χ0n) is 20.4. The fourth-order valence-electron chi connectivity index (χ4n) is 4.93. The fraction of sp³-hybridized carbons (Fsp3) is 0.462. The summed E-state index contributed by atoms with van der Waals surface area (Å²) in [4.78, 5) is 26.5. The van der Waals surface area contributed by atoms with Crippen LogP contribution < -0.4 is 10.6 Å². The van der Waals surface area contributed by atoms with Crippen LogP contribution in [0, 0.1) is 25.7 Å². The topological polar surface area (TPSA) is 105 Å². The molecule has 0 saturated heterocycles. The van der Waals surface area contributed by atoms with Crippen molar-refractivity contribution in [2.24, 2.45) is 11.8 Å². The minimum Gasteiger partial charge on any atom is -0.339 e. The molecule has 0 aliphatic heterocycles. The number of hydrogen-bond donors (Lipinski definition) is 3. The minimum atomic E-state index is -0.599. The molecule has 3 N–H and O–H groups in total. The van der Waals surface area contributed by atoms with Crippen LogP contribution >= 0.6 is 0 Å². The average Bonchev–Trinajstić information content (AvgIpc) is 3.45. The van der Waals surface area contributed by atoms with E-state index in [1.165, 1.54) is 0 Å². The molecule has 0 bridgehead atoms. The summed E-state index contributed by atoms with van der Waals surface area (Å²) in [5.41, 5.74) is 5.24. The van der Waals surface area contributed by atoms with Gasteiger partial charge in [0, 0.05) is 29.7 Å². The third-order valence-electron chi connectivity index (χ3n) is 6.92. The first-order valence-corrected chi connectivity index (χ1v) is 12.1. The largest absolute Gasteiger partial charge is 0.339 e. The molecular weight excluding hydrogens is 428 g/mol. The summed E-state index contributed by atoms with van der Waals surface area (Å²) in [6, 6.07) is 8.85. The molecule has 1 aliphatic carbocycles. The van der Waals surface area contributed by atoms with Crippen LogP contribution in [-0.4, -0.2) is 37.8 Å². The van der Waals surface area contributed by atoms with Crippen LogP contribution in [0.5, 0.6) is 0 Å². The molecule has 3 aromatic rings. The second-order valence-corrected chi connectivity index (χ2v) is 9.38. The predicted octanol–water partition coefficient (Wildman–Crippen LogP) is 4.47. The summed E-state index contributed by atoms with van der Waals surface area (Å²) >= 11 is 0. The van der Waals surface area contributed by atoms with Crippen LogP contribution in [0.15, 0.2) is 36.5 Å². The average molecular weight is 463 g/mol. The molecule has 8 heteroatoms. The van der Waals surface area contributed by atoms with Crippen molar-refractivity contribution in [3.8, 4) is 11.1 Å². The molecule has 2 heterocycles. The molecule has 2 aromatic heterocycles. The second kappa shape index (κ2) is 10.2. The van der Waals surface area contributed by atoms with E-state index >= 15 is 0 Å². The maximum absolute atomic E-state index is 13.4. The Balaban J connectivity index is 1.51. The van der Waals surface area contributed by atoms with Crippen LogP contribution in [0.25, 0.3) is 11.1 Å². The van der Waals surface area contributed by atoms with Crippen molar-refractivity contribution in [2.45, 2.75) is 66.0 Å². The van der Waals surface area contributed by atoms with E-state index in [0.29, 0.717) is 23.8 Å². The standard InChI is InChI=1S/C26H34N6O2/c1-5-32-22(14-15-27-32)25(33)29-24(20-8-6-16(2)7-9-20)26(34)28-21-12-10-19(11-13-21)23-17(3)30-31-18(23)4/h10-16,20,24H,5-9H2,1-4H3,(H,28,34)(H,29,33)(H,30,31)/t16?,20?,24-/m0/s1. The van der Waals surface area contributed by atoms with Crippen LogP contribution in [-0.2, 0) is 11.3 Å². The van der Waals surface area contributed by atoms with E-state index in [9.17, 15) is 9.59 Å². The van der Waals surface area contributed by atoms with Gasteiger partial charge in [-0.05, 0) is 69.2 Å². The lowest BCUT2D eigenvalue weighted by molar-refractivity contribution is -0.119. The summed E-state index contributed by atoms with van der Waals surface area (Å²) in [7, 11) is 0. The monoisotopic (exact) mass is 462 g/mol. The number of hydrogen-bond acceptors (Lipinski definition) is 4. The van der Waals surface area contributed by atoms with Gasteiger partial charge in [0.1, 0.15) is 11.7 Å². The number of carbonyl (C=O) groups is 2. The highest BCUT2D eigenvalue weighted by Gasteiger charge is 2.33. The Bertz CT molecular complexity index is 1120. The molecule has 1 fully saturated rings. The lowest BCUT2D eigenvalue weighted by atomic mass is 9.79. The summed E-state index contributed by atoms with van der Waals surface area (Å²) in [6.45, 7) is 8.74. The Hall–Kier alpha value is -3.42. The summed E-state index contributed by atoms with van der Waals surface area (Å²) in [6.07, 6.45) is 5.58. The first-order valence-electron chi connectivity index (χ1n) is 12.1. The first kappa shape index (κ1) is 23.7. The number of aromatic amines is 1. The second-order valence-electron chi connectivity index (χ2n) is 9.38. The van der Waals surface area contributed by atoms with Crippen LogP contribution in [0.2, 0.25) is 0 Å². The lowest BCUT2D eigenvalue weighted by Crippen LogP contribution is -2.49. The van der Waals surface area contributed by atoms with Crippen molar-refractivity contribution in [3.05, 3.63) is 53.6 Å². The SMILES string of the molecule is CCn1nccc1C(=O)N[C@H](C(=O)Nc1ccc(-c2c(C)n[nH]c2C)cc1)C1CCC(C)CC1. The fourth-order valence-corrected chi connectivity index (χ4v) is 4.93. The van der Waals surface area contributed by atoms with Gasteiger partial charge in [0.05, 0.1) is 5.69 Å². The van der Waals surface area contributed by atoms with Gasteiger partial charge in [-0.2, -0.15) is 10.2 Å². The molecule has 0 radical (unpaired) electrons. The van der Waals surface area contributed by atoms with Gasteiger partial charge in [0.15, 0.2) is 0 Å². The number of benzene rings is 1. The molecule has 1 aromatic carbocycles. The highest BCUT2D eigenvalue weighted by molar-refractivity contribution is 6.00. The smallest absolute Gasteiger partial charge is 0.270 e. The zero-order chi connectivity index (χ0) is 24.2. The molecular formula is C26H34N6O2. The Morgan fingerprint density at radius 3 is 2.44 bits per heavy atom. The van der Waals surface area contributed by atoms with E-state index < -0.39 is 6.04 Å². The summed E-state index contributed by atoms with van der Waals surface area (Å²) in [5, 5.41) is 17.5. The molecule has 0 unspecified atom stereocenters. The normalized spacial score (nSPS) is 18.9. The number of anilines is 1. The van der Waals surface area contributed by atoms with E-state index in [2.05, 4.69) is 32.9 Å². The number of aryl methyl sites for hydroxylation is 3. The molecule has 34 heavy (non-hydrogen) atoms. The van der Waals surface area contributed by atoms with Crippen molar-refractivity contribution >= 4 is 17.5 Å². The number of nitrogens with zero attached hydrogens (tertiary/aromatic N) is 3. The first-order chi connectivity index (χ1) is 16.4. The van der Waals surface area contributed by atoms with Gasteiger partial charge in [0.2, 0.25) is 5.91 Å². The molecule has 1 atom stereocenters. The van der Waals surface area contributed by atoms with Gasteiger partial charge >= 0.3 is 0 Å². The number of nitrogens with one attached hydrogen (secondary N) is 3. The van der Waals surface area contributed by atoms with Crippen LogP contribution in [0.4, 0.5) is 5.69 Å². The van der Waals surface area contributed by atoms with E-state index in [-0.39, 0.29) is 17.7 Å². The van der Waals surface area contributed by atoms with E-state index in [0.717, 1.165) is 48.2 Å². The van der Waals surface area contributed by atoms with Crippen molar-refractivity contribution in [1.29, 1.82) is 0 Å². The summed E-state index contributed by atoms with van der Waals surface area (Å²) in [5.74, 6) is 0.312.